The highest BCUT2D eigenvalue weighted by atomic mass is 79.9. The van der Waals surface area contributed by atoms with Gasteiger partial charge >= 0.3 is 5.97 Å². The second-order valence-electron chi connectivity index (χ2n) is 4.47. The van der Waals surface area contributed by atoms with Gasteiger partial charge in [0.25, 0.3) is 10.0 Å². The van der Waals surface area contributed by atoms with Gasteiger partial charge in [0.1, 0.15) is 4.90 Å². The van der Waals surface area contributed by atoms with E-state index in [1.54, 1.807) is 25.1 Å². The maximum Gasteiger partial charge on any atom is 0.335 e. The van der Waals surface area contributed by atoms with Crippen LogP contribution in [0.2, 0.25) is 5.02 Å². The van der Waals surface area contributed by atoms with E-state index in [1.165, 1.54) is 18.2 Å². The fourth-order valence-electron chi connectivity index (χ4n) is 1.77. The van der Waals surface area contributed by atoms with Crippen molar-refractivity contribution >= 4 is 49.2 Å². The number of halogens is 2. The lowest BCUT2D eigenvalue weighted by Crippen LogP contribution is -2.15. The van der Waals surface area contributed by atoms with Crippen LogP contribution in [0, 0.1) is 6.92 Å². The molecule has 0 aliphatic rings. The molecule has 0 atom stereocenters. The van der Waals surface area contributed by atoms with Gasteiger partial charge in [-0.15, -0.1) is 0 Å². The summed E-state index contributed by atoms with van der Waals surface area (Å²) in [5.74, 6) is -1.14. The van der Waals surface area contributed by atoms with E-state index in [4.69, 9.17) is 16.7 Å². The van der Waals surface area contributed by atoms with Crippen molar-refractivity contribution in [3.05, 3.63) is 57.0 Å². The third-order valence-corrected chi connectivity index (χ3v) is 5.73. The molecule has 2 N–H and O–H groups in total. The van der Waals surface area contributed by atoms with Gasteiger partial charge in [-0.25, -0.2) is 13.2 Å². The Kier molecular flexibility index (Phi) is 4.79. The summed E-state index contributed by atoms with van der Waals surface area (Å²) in [5, 5.41) is 9.35. The van der Waals surface area contributed by atoms with Crippen LogP contribution in [0.4, 0.5) is 5.69 Å². The van der Waals surface area contributed by atoms with Crippen molar-refractivity contribution < 1.29 is 18.3 Å². The van der Waals surface area contributed by atoms with Crippen LogP contribution >= 0.6 is 27.5 Å². The maximum atomic E-state index is 12.4. The van der Waals surface area contributed by atoms with E-state index in [9.17, 15) is 13.2 Å². The molecule has 22 heavy (non-hydrogen) atoms. The molecule has 0 radical (unpaired) electrons. The van der Waals surface area contributed by atoms with Gasteiger partial charge in [-0.05, 0) is 58.7 Å². The number of nitrogens with one attached hydrogen (secondary N) is 1. The molecule has 0 heterocycles. The van der Waals surface area contributed by atoms with Gasteiger partial charge in [0, 0.05) is 9.50 Å². The standard InChI is InChI=1S/C14H11BrClNO4S/c1-8-11(16)3-2-4-12(8)17-22(20,21)13-6-5-9(14(18)19)7-10(13)15/h2-7,17H,1H3,(H,18,19). The summed E-state index contributed by atoms with van der Waals surface area (Å²) in [4.78, 5) is 10.8. The van der Waals surface area contributed by atoms with E-state index in [-0.39, 0.29) is 14.9 Å². The zero-order valence-electron chi connectivity index (χ0n) is 11.3. The number of hydrogen-bond donors (Lipinski definition) is 2. The molecule has 8 heteroatoms. The molecule has 5 nitrogen and oxygen atoms in total. The van der Waals surface area contributed by atoms with Crippen molar-refractivity contribution in [2.75, 3.05) is 4.72 Å². The Morgan fingerprint density at radius 3 is 2.55 bits per heavy atom. The largest absolute Gasteiger partial charge is 0.478 e. The summed E-state index contributed by atoms with van der Waals surface area (Å²) in [6, 6.07) is 8.59. The number of carbonyl (C=O) groups is 1. The highest BCUT2D eigenvalue weighted by Crippen LogP contribution is 2.28. The van der Waals surface area contributed by atoms with E-state index in [2.05, 4.69) is 20.7 Å². The van der Waals surface area contributed by atoms with Gasteiger partial charge in [0.15, 0.2) is 0 Å². The predicted octanol–water partition coefficient (Wildman–Crippen LogP) is 3.91. The predicted molar refractivity (Wildman–Crippen MR) is 88.1 cm³/mol. The van der Waals surface area contributed by atoms with Crippen molar-refractivity contribution in [2.45, 2.75) is 11.8 Å². The van der Waals surface area contributed by atoms with E-state index >= 15 is 0 Å². The molecule has 0 bridgehead atoms. The number of benzene rings is 2. The molecule has 0 aromatic heterocycles. The van der Waals surface area contributed by atoms with E-state index < -0.39 is 16.0 Å². The smallest absolute Gasteiger partial charge is 0.335 e. The Balaban J connectivity index is 2.43. The van der Waals surface area contributed by atoms with Crippen molar-refractivity contribution in [3.8, 4) is 0 Å². The van der Waals surface area contributed by atoms with Crippen LogP contribution in [0.5, 0.6) is 0 Å². The lowest BCUT2D eigenvalue weighted by atomic mass is 10.2. The Morgan fingerprint density at radius 1 is 1.27 bits per heavy atom. The highest BCUT2D eigenvalue weighted by molar-refractivity contribution is 9.10. The summed E-state index contributed by atoms with van der Waals surface area (Å²) in [6.45, 7) is 1.70. The van der Waals surface area contributed by atoms with Crippen LogP contribution in [0.3, 0.4) is 0 Å². The number of rotatable bonds is 4. The van der Waals surface area contributed by atoms with Crippen molar-refractivity contribution in [3.63, 3.8) is 0 Å². The Bertz CT molecular complexity index is 852. The van der Waals surface area contributed by atoms with Crippen LogP contribution in [0.1, 0.15) is 15.9 Å². The Labute approximate surface area is 141 Å². The van der Waals surface area contributed by atoms with E-state index in [0.29, 0.717) is 16.3 Å². The first-order valence-electron chi connectivity index (χ1n) is 6.03. The zero-order valence-corrected chi connectivity index (χ0v) is 14.5. The van der Waals surface area contributed by atoms with Gasteiger partial charge in [0.2, 0.25) is 0 Å². The molecule has 0 unspecified atom stereocenters. The summed E-state index contributed by atoms with van der Waals surface area (Å²) >= 11 is 9.06. The minimum atomic E-state index is -3.87. The molecule has 0 spiro atoms. The van der Waals surface area contributed by atoms with E-state index in [1.807, 2.05) is 0 Å². The lowest BCUT2D eigenvalue weighted by molar-refractivity contribution is 0.0696. The number of sulfonamides is 1. The first-order valence-corrected chi connectivity index (χ1v) is 8.68. The van der Waals surface area contributed by atoms with Gasteiger partial charge < -0.3 is 5.11 Å². The molecule has 2 aromatic rings. The van der Waals surface area contributed by atoms with Crippen molar-refractivity contribution in [1.82, 2.24) is 0 Å². The van der Waals surface area contributed by atoms with Gasteiger partial charge in [-0.3, -0.25) is 4.72 Å². The molecule has 2 rings (SSSR count). The molecule has 0 aliphatic carbocycles. The second kappa shape index (κ2) is 6.28. The average Bonchev–Trinajstić information content (AvgIpc) is 2.43. The van der Waals surface area contributed by atoms with Crippen LogP contribution in [0.25, 0.3) is 0 Å². The van der Waals surface area contributed by atoms with Gasteiger partial charge in [0.05, 0.1) is 11.3 Å². The number of carboxylic acid groups (broad SMARTS) is 1. The van der Waals surface area contributed by atoms with Gasteiger partial charge in [-0.2, -0.15) is 0 Å². The minimum Gasteiger partial charge on any atom is -0.478 e. The van der Waals surface area contributed by atoms with Crippen molar-refractivity contribution in [1.29, 1.82) is 0 Å². The Morgan fingerprint density at radius 2 is 1.95 bits per heavy atom. The summed E-state index contributed by atoms with van der Waals surface area (Å²) in [6.07, 6.45) is 0. The normalized spacial score (nSPS) is 11.2. The van der Waals surface area contributed by atoms with Crippen LogP contribution < -0.4 is 4.72 Å². The van der Waals surface area contributed by atoms with Crippen LogP contribution in [-0.2, 0) is 10.0 Å². The number of aromatic carboxylic acids is 1. The number of anilines is 1. The van der Waals surface area contributed by atoms with Crippen LogP contribution in [-0.4, -0.2) is 19.5 Å². The van der Waals surface area contributed by atoms with E-state index in [0.717, 1.165) is 0 Å². The highest BCUT2D eigenvalue weighted by Gasteiger charge is 2.20. The van der Waals surface area contributed by atoms with Crippen molar-refractivity contribution in [2.24, 2.45) is 0 Å². The quantitative estimate of drug-likeness (QED) is 0.809. The third kappa shape index (κ3) is 3.43. The number of hydrogen-bond acceptors (Lipinski definition) is 3. The molecular formula is C14H11BrClNO4S. The molecule has 0 saturated heterocycles. The molecule has 2 aromatic carbocycles. The lowest BCUT2D eigenvalue weighted by Gasteiger charge is -2.12. The minimum absolute atomic E-state index is 0.00948. The molecule has 0 saturated carbocycles. The summed E-state index contributed by atoms with van der Waals surface area (Å²) < 4.78 is 27.5. The zero-order chi connectivity index (χ0) is 16.5. The molecule has 0 fully saturated rings. The fourth-order valence-corrected chi connectivity index (χ4v) is 4.15. The molecule has 0 amide bonds. The summed E-state index contributed by atoms with van der Waals surface area (Å²) in [5.41, 5.74) is 0.956. The average molecular weight is 405 g/mol. The topological polar surface area (TPSA) is 83.5 Å². The van der Waals surface area contributed by atoms with Crippen LogP contribution in [0.15, 0.2) is 45.8 Å². The SMILES string of the molecule is Cc1c(Cl)cccc1NS(=O)(=O)c1ccc(C(=O)O)cc1Br. The first kappa shape index (κ1) is 16.8. The molecular weight excluding hydrogens is 394 g/mol. The van der Waals surface area contributed by atoms with Gasteiger partial charge in [-0.1, -0.05) is 17.7 Å². The first-order chi connectivity index (χ1) is 10.2. The number of carboxylic acids is 1. The summed E-state index contributed by atoms with van der Waals surface area (Å²) in [7, 11) is -3.87. The maximum absolute atomic E-state index is 12.4. The second-order valence-corrected chi connectivity index (χ2v) is 7.38. The monoisotopic (exact) mass is 403 g/mol. The fraction of sp³-hybridized carbons (Fsp3) is 0.0714. The molecule has 116 valence electrons. The Hall–Kier alpha value is -1.57. The third-order valence-electron chi connectivity index (χ3n) is 2.98. The molecule has 0 aliphatic heterocycles.